The van der Waals surface area contributed by atoms with Crippen molar-refractivity contribution in [2.24, 2.45) is 0 Å². The van der Waals surface area contributed by atoms with Gasteiger partial charge in [0.05, 0.1) is 13.0 Å². The number of halogens is 1. The monoisotopic (exact) mass is 419 g/mol. The van der Waals surface area contributed by atoms with Gasteiger partial charge in [0.2, 0.25) is 5.91 Å². The highest BCUT2D eigenvalue weighted by atomic mass is 19.1. The third-order valence-electron chi connectivity index (χ3n) is 6.81. The summed E-state index contributed by atoms with van der Waals surface area (Å²) in [6.45, 7) is 13.1. The average molecular weight is 420 g/mol. The SMILES string of the molecule is C=C/C(F)=C\C1=C(C)CC(=O)N1C1CCN(C2(C)CCN(C(=O)OCC)CC2)CC1. The fourth-order valence-electron chi connectivity index (χ4n) is 4.89. The second kappa shape index (κ2) is 9.33. The first-order valence-corrected chi connectivity index (χ1v) is 11.0. The summed E-state index contributed by atoms with van der Waals surface area (Å²) in [7, 11) is 0. The highest BCUT2D eigenvalue weighted by Gasteiger charge is 2.41. The molecule has 30 heavy (non-hydrogen) atoms. The van der Waals surface area contributed by atoms with Crippen molar-refractivity contribution in [2.45, 2.75) is 64.5 Å². The first-order chi connectivity index (χ1) is 14.3. The fourth-order valence-corrected chi connectivity index (χ4v) is 4.89. The van der Waals surface area contributed by atoms with Gasteiger partial charge in [0.1, 0.15) is 5.83 Å². The minimum absolute atomic E-state index is 0.0480. The van der Waals surface area contributed by atoms with E-state index < -0.39 is 5.83 Å². The molecule has 0 atom stereocenters. The summed E-state index contributed by atoms with van der Waals surface area (Å²) in [4.78, 5) is 30.7. The van der Waals surface area contributed by atoms with Gasteiger partial charge in [-0.3, -0.25) is 9.69 Å². The molecule has 0 N–H and O–H groups in total. The first-order valence-electron chi connectivity index (χ1n) is 11.0. The fraction of sp³-hybridized carbons (Fsp3) is 0.652. The number of allylic oxidation sites excluding steroid dienone is 3. The Labute approximate surface area is 179 Å². The molecule has 0 aromatic heterocycles. The zero-order chi connectivity index (χ0) is 21.9. The van der Waals surface area contributed by atoms with Crippen LogP contribution in [0.25, 0.3) is 0 Å². The van der Waals surface area contributed by atoms with Gasteiger partial charge in [-0.2, -0.15) is 0 Å². The van der Waals surface area contributed by atoms with Crippen molar-refractivity contribution in [3.63, 3.8) is 0 Å². The Balaban J connectivity index is 1.60. The Hall–Kier alpha value is -2.15. The molecule has 166 valence electrons. The van der Waals surface area contributed by atoms with E-state index in [9.17, 15) is 14.0 Å². The van der Waals surface area contributed by atoms with E-state index in [1.807, 2.05) is 13.8 Å². The molecule has 7 heteroatoms. The van der Waals surface area contributed by atoms with Crippen molar-refractivity contribution >= 4 is 12.0 Å². The number of amides is 2. The van der Waals surface area contributed by atoms with Gasteiger partial charge in [0.15, 0.2) is 0 Å². The first kappa shape index (κ1) is 22.5. The zero-order valence-corrected chi connectivity index (χ0v) is 18.5. The molecule has 0 bridgehead atoms. The molecule has 0 aliphatic carbocycles. The largest absolute Gasteiger partial charge is 0.450 e. The van der Waals surface area contributed by atoms with Gasteiger partial charge in [-0.05, 0) is 64.2 Å². The van der Waals surface area contributed by atoms with E-state index >= 15 is 0 Å². The second-order valence-electron chi connectivity index (χ2n) is 8.74. The minimum atomic E-state index is -0.414. The van der Waals surface area contributed by atoms with Crippen LogP contribution in [0.15, 0.2) is 35.8 Å². The molecule has 0 unspecified atom stereocenters. The molecule has 0 aromatic rings. The van der Waals surface area contributed by atoms with Gasteiger partial charge >= 0.3 is 6.09 Å². The molecule has 3 aliphatic heterocycles. The number of carbonyl (C=O) groups is 2. The van der Waals surface area contributed by atoms with Crippen LogP contribution in [0.3, 0.4) is 0 Å². The van der Waals surface area contributed by atoms with Crippen molar-refractivity contribution < 1.29 is 18.7 Å². The summed E-state index contributed by atoms with van der Waals surface area (Å²) < 4.78 is 19.0. The Morgan fingerprint density at radius 2 is 1.90 bits per heavy atom. The summed E-state index contributed by atoms with van der Waals surface area (Å²) in [5.41, 5.74) is 1.66. The molecular formula is C23H34FN3O3. The van der Waals surface area contributed by atoms with E-state index in [0.29, 0.717) is 31.8 Å². The van der Waals surface area contributed by atoms with E-state index in [1.165, 1.54) is 12.2 Å². The van der Waals surface area contributed by atoms with Crippen LogP contribution < -0.4 is 0 Å². The van der Waals surface area contributed by atoms with Crippen LogP contribution in [0.4, 0.5) is 9.18 Å². The maximum atomic E-state index is 13.8. The van der Waals surface area contributed by atoms with Crippen molar-refractivity contribution in [2.75, 3.05) is 32.8 Å². The molecule has 0 radical (unpaired) electrons. The lowest BCUT2D eigenvalue weighted by Crippen LogP contribution is -2.58. The van der Waals surface area contributed by atoms with E-state index in [1.54, 1.807) is 9.80 Å². The predicted molar refractivity (Wildman–Crippen MR) is 114 cm³/mol. The molecule has 2 amide bonds. The number of nitrogens with zero attached hydrogens (tertiary/aromatic N) is 3. The molecule has 3 aliphatic rings. The van der Waals surface area contributed by atoms with E-state index in [-0.39, 0.29) is 23.6 Å². The van der Waals surface area contributed by atoms with Crippen molar-refractivity contribution in [1.82, 2.24) is 14.7 Å². The highest BCUT2D eigenvalue weighted by molar-refractivity contribution is 5.85. The van der Waals surface area contributed by atoms with Crippen LogP contribution in [0.5, 0.6) is 0 Å². The number of carbonyl (C=O) groups excluding carboxylic acids is 2. The summed E-state index contributed by atoms with van der Waals surface area (Å²) in [5.74, 6) is -0.356. The van der Waals surface area contributed by atoms with E-state index in [2.05, 4.69) is 18.4 Å². The number of hydrogen-bond donors (Lipinski definition) is 0. The molecule has 2 saturated heterocycles. The van der Waals surface area contributed by atoms with Crippen LogP contribution in [0.2, 0.25) is 0 Å². The smallest absolute Gasteiger partial charge is 0.409 e. The molecule has 3 rings (SSSR count). The Morgan fingerprint density at radius 1 is 1.27 bits per heavy atom. The maximum Gasteiger partial charge on any atom is 0.409 e. The second-order valence-corrected chi connectivity index (χ2v) is 8.74. The average Bonchev–Trinajstić information content (AvgIpc) is 3.01. The van der Waals surface area contributed by atoms with Crippen molar-refractivity contribution in [3.8, 4) is 0 Å². The number of ether oxygens (including phenoxy) is 1. The lowest BCUT2D eigenvalue weighted by atomic mass is 9.85. The lowest BCUT2D eigenvalue weighted by Gasteiger charge is -2.49. The summed E-state index contributed by atoms with van der Waals surface area (Å²) in [6, 6.07) is 0.0956. The van der Waals surface area contributed by atoms with Gasteiger partial charge in [-0.25, -0.2) is 9.18 Å². The molecule has 6 nitrogen and oxygen atoms in total. The Kier molecular flexibility index (Phi) is 7.01. The minimum Gasteiger partial charge on any atom is -0.450 e. The molecule has 0 saturated carbocycles. The Morgan fingerprint density at radius 3 is 2.47 bits per heavy atom. The number of likely N-dealkylation sites (tertiary alicyclic amines) is 2. The van der Waals surface area contributed by atoms with Crippen LogP contribution in [-0.4, -0.2) is 71.1 Å². The molecule has 3 heterocycles. The number of piperidine rings is 2. The normalized spacial score (nSPS) is 23.9. The van der Waals surface area contributed by atoms with Crippen LogP contribution in [-0.2, 0) is 9.53 Å². The summed E-state index contributed by atoms with van der Waals surface area (Å²) in [6.07, 6.45) is 6.30. The van der Waals surface area contributed by atoms with Crippen LogP contribution in [0, 0.1) is 0 Å². The Bertz CT molecular complexity index is 745. The summed E-state index contributed by atoms with van der Waals surface area (Å²) >= 11 is 0. The third-order valence-corrected chi connectivity index (χ3v) is 6.81. The topological polar surface area (TPSA) is 53.1 Å². The zero-order valence-electron chi connectivity index (χ0n) is 18.5. The van der Waals surface area contributed by atoms with E-state index in [4.69, 9.17) is 4.74 Å². The van der Waals surface area contributed by atoms with Crippen molar-refractivity contribution in [3.05, 3.63) is 35.8 Å². The summed E-state index contributed by atoms with van der Waals surface area (Å²) in [5, 5.41) is 0. The molecule has 0 spiro atoms. The van der Waals surface area contributed by atoms with Crippen molar-refractivity contribution in [1.29, 1.82) is 0 Å². The van der Waals surface area contributed by atoms with Gasteiger partial charge in [-0.15, -0.1) is 0 Å². The van der Waals surface area contributed by atoms with Gasteiger partial charge < -0.3 is 14.5 Å². The van der Waals surface area contributed by atoms with Crippen LogP contribution in [0.1, 0.15) is 52.9 Å². The van der Waals surface area contributed by atoms with Gasteiger partial charge in [0.25, 0.3) is 0 Å². The molecule has 0 aromatic carbocycles. The maximum absolute atomic E-state index is 13.8. The standard InChI is InChI=1S/C23H34FN3O3/c1-5-18(24)16-20-17(3)15-21(28)27(20)19-7-11-26(12-8-19)23(4)9-13-25(14-10-23)22(29)30-6-2/h5,16,19H,1,6-15H2,2-4H3/b18-16+. The molecular weight excluding hydrogens is 385 g/mol. The number of rotatable bonds is 5. The van der Waals surface area contributed by atoms with Gasteiger partial charge in [0, 0.05) is 43.5 Å². The lowest BCUT2D eigenvalue weighted by molar-refractivity contribution is -0.130. The quantitative estimate of drug-likeness (QED) is 0.632. The van der Waals surface area contributed by atoms with Gasteiger partial charge in [-0.1, -0.05) is 6.58 Å². The molecule has 2 fully saturated rings. The highest BCUT2D eigenvalue weighted by Crippen LogP contribution is 2.36. The number of hydrogen-bond acceptors (Lipinski definition) is 4. The van der Waals surface area contributed by atoms with E-state index in [0.717, 1.165) is 44.3 Å². The van der Waals surface area contributed by atoms with Crippen LogP contribution >= 0.6 is 0 Å². The predicted octanol–water partition coefficient (Wildman–Crippen LogP) is 4.01. The third kappa shape index (κ3) is 4.61.